The van der Waals surface area contributed by atoms with Gasteiger partial charge in [-0.25, -0.2) is 4.79 Å². The van der Waals surface area contributed by atoms with Crippen LogP contribution in [0.1, 0.15) is 0 Å². The summed E-state index contributed by atoms with van der Waals surface area (Å²) in [4.78, 5) is 11.9. The molecule has 2 aromatic rings. The molecule has 0 fully saturated rings. The van der Waals surface area contributed by atoms with E-state index in [9.17, 15) is 4.79 Å². The van der Waals surface area contributed by atoms with Gasteiger partial charge in [0.15, 0.2) is 0 Å². The van der Waals surface area contributed by atoms with Crippen LogP contribution in [0.4, 0.5) is 0 Å². The molecule has 0 heterocycles. The van der Waals surface area contributed by atoms with E-state index in [4.69, 9.17) is 49.0 Å². The SMILES string of the molecule is COC(=O)C(COc1cccc(Cl)c1Cl)Oc1ccccc1Cl. The monoisotopic (exact) mass is 374 g/mol. The molecule has 0 bridgehead atoms. The molecule has 0 amide bonds. The van der Waals surface area contributed by atoms with Gasteiger partial charge in [-0.05, 0) is 24.3 Å². The van der Waals surface area contributed by atoms with Crippen LogP contribution in [0.2, 0.25) is 15.1 Å². The largest absolute Gasteiger partial charge is 0.487 e. The maximum atomic E-state index is 11.9. The zero-order valence-corrected chi connectivity index (χ0v) is 14.4. The fraction of sp³-hybridized carbons (Fsp3) is 0.188. The Morgan fingerprint density at radius 2 is 1.65 bits per heavy atom. The van der Waals surface area contributed by atoms with Crippen LogP contribution in [0.3, 0.4) is 0 Å². The molecule has 0 saturated carbocycles. The van der Waals surface area contributed by atoms with Gasteiger partial charge in [0.05, 0.1) is 17.2 Å². The third-order valence-corrected chi connectivity index (χ3v) is 3.99. The summed E-state index contributed by atoms with van der Waals surface area (Å²) in [7, 11) is 1.26. The van der Waals surface area contributed by atoms with Crippen LogP contribution in [-0.4, -0.2) is 25.8 Å². The predicted octanol–water partition coefficient (Wildman–Crippen LogP) is 4.65. The minimum absolute atomic E-state index is 0.113. The molecule has 0 aliphatic heterocycles. The molecule has 0 aliphatic carbocycles. The highest BCUT2D eigenvalue weighted by Gasteiger charge is 2.24. The van der Waals surface area contributed by atoms with Crippen molar-refractivity contribution in [3.8, 4) is 11.5 Å². The molecular formula is C16H13Cl3O4. The summed E-state index contributed by atoms with van der Waals surface area (Å²) < 4.78 is 15.8. The van der Waals surface area contributed by atoms with Crippen LogP contribution < -0.4 is 9.47 Å². The smallest absolute Gasteiger partial charge is 0.350 e. The fourth-order valence-corrected chi connectivity index (χ4v) is 2.26. The fourth-order valence-electron chi connectivity index (χ4n) is 1.74. The number of carbonyl (C=O) groups is 1. The first-order valence-electron chi connectivity index (χ1n) is 6.58. The van der Waals surface area contributed by atoms with E-state index in [-0.39, 0.29) is 11.6 Å². The lowest BCUT2D eigenvalue weighted by molar-refractivity contribution is -0.150. The molecule has 122 valence electrons. The Hall–Kier alpha value is -1.62. The molecule has 0 aliphatic rings. The van der Waals surface area contributed by atoms with E-state index in [1.54, 1.807) is 42.5 Å². The molecule has 0 N–H and O–H groups in total. The van der Waals surface area contributed by atoms with Crippen molar-refractivity contribution in [2.75, 3.05) is 13.7 Å². The molecule has 2 aromatic carbocycles. The Morgan fingerprint density at radius 1 is 1.00 bits per heavy atom. The molecule has 7 heteroatoms. The van der Waals surface area contributed by atoms with Crippen LogP contribution in [-0.2, 0) is 9.53 Å². The summed E-state index contributed by atoms with van der Waals surface area (Å²) in [5.41, 5.74) is 0. The molecule has 0 radical (unpaired) electrons. The second-order valence-corrected chi connectivity index (χ2v) is 5.62. The number of hydrogen-bond acceptors (Lipinski definition) is 4. The van der Waals surface area contributed by atoms with Crippen molar-refractivity contribution in [3.05, 3.63) is 57.5 Å². The van der Waals surface area contributed by atoms with Crippen molar-refractivity contribution < 1.29 is 19.0 Å². The molecule has 23 heavy (non-hydrogen) atoms. The third-order valence-electron chi connectivity index (χ3n) is 2.88. The zero-order chi connectivity index (χ0) is 16.8. The van der Waals surface area contributed by atoms with Crippen LogP contribution >= 0.6 is 34.8 Å². The van der Waals surface area contributed by atoms with Crippen molar-refractivity contribution in [3.63, 3.8) is 0 Å². The number of carbonyl (C=O) groups excluding carboxylic acids is 1. The first-order chi connectivity index (χ1) is 11.0. The zero-order valence-electron chi connectivity index (χ0n) is 12.1. The number of esters is 1. The molecule has 2 rings (SSSR count). The molecule has 1 atom stereocenters. The van der Waals surface area contributed by atoms with E-state index in [0.717, 1.165) is 0 Å². The number of hydrogen-bond donors (Lipinski definition) is 0. The molecule has 1 unspecified atom stereocenters. The lowest BCUT2D eigenvalue weighted by Crippen LogP contribution is -2.34. The Bertz CT molecular complexity index is 691. The summed E-state index contributed by atoms with van der Waals surface area (Å²) in [6, 6.07) is 11.7. The second kappa shape index (κ2) is 8.29. The minimum atomic E-state index is -1.00. The lowest BCUT2D eigenvalue weighted by atomic mass is 10.3. The van der Waals surface area contributed by atoms with Crippen LogP contribution in [0.5, 0.6) is 11.5 Å². The normalized spacial score (nSPS) is 11.7. The average molecular weight is 376 g/mol. The molecule has 0 spiro atoms. The number of ether oxygens (including phenoxy) is 3. The standard InChI is InChI=1S/C16H13Cl3O4/c1-21-16(20)14(23-12-7-3-2-5-10(12)17)9-22-13-8-4-6-11(18)15(13)19/h2-8,14H,9H2,1H3. The van der Waals surface area contributed by atoms with E-state index in [2.05, 4.69) is 0 Å². The third kappa shape index (κ3) is 4.67. The molecule has 0 saturated heterocycles. The Morgan fingerprint density at radius 3 is 2.35 bits per heavy atom. The van der Waals surface area contributed by atoms with Crippen LogP contribution in [0.15, 0.2) is 42.5 Å². The minimum Gasteiger partial charge on any atom is -0.487 e. The van der Waals surface area contributed by atoms with Crippen molar-refractivity contribution in [1.82, 2.24) is 0 Å². The maximum Gasteiger partial charge on any atom is 0.350 e. The van der Waals surface area contributed by atoms with Crippen molar-refractivity contribution in [2.24, 2.45) is 0 Å². The van der Waals surface area contributed by atoms with Gasteiger partial charge in [0, 0.05) is 0 Å². The number of halogens is 3. The Kier molecular flexibility index (Phi) is 6.39. The van der Waals surface area contributed by atoms with E-state index < -0.39 is 12.1 Å². The van der Waals surface area contributed by atoms with E-state index in [1.807, 2.05) is 0 Å². The first-order valence-corrected chi connectivity index (χ1v) is 7.72. The van der Waals surface area contributed by atoms with Gasteiger partial charge in [0.1, 0.15) is 23.1 Å². The van der Waals surface area contributed by atoms with Gasteiger partial charge in [-0.1, -0.05) is 53.0 Å². The van der Waals surface area contributed by atoms with Gasteiger partial charge in [-0.3, -0.25) is 0 Å². The number of rotatable bonds is 6. The molecule has 4 nitrogen and oxygen atoms in total. The Labute approximate surface area is 148 Å². The van der Waals surface area contributed by atoms with Crippen LogP contribution in [0.25, 0.3) is 0 Å². The summed E-state index contributed by atoms with van der Waals surface area (Å²) in [6.45, 7) is -0.113. The summed E-state index contributed by atoms with van der Waals surface area (Å²) in [5.74, 6) is 0.101. The van der Waals surface area contributed by atoms with E-state index >= 15 is 0 Å². The predicted molar refractivity (Wildman–Crippen MR) is 89.8 cm³/mol. The van der Waals surface area contributed by atoms with Gasteiger partial charge in [-0.15, -0.1) is 0 Å². The number of benzene rings is 2. The van der Waals surface area contributed by atoms with Gasteiger partial charge >= 0.3 is 5.97 Å². The van der Waals surface area contributed by atoms with Crippen molar-refractivity contribution in [2.45, 2.75) is 6.10 Å². The first kappa shape index (κ1) is 17.7. The highest BCUT2D eigenvalue weighted by atomic mass is 35.5. The molecule has 0 aromatic heterocycles. The van der Waals surface area contributed by atoms with Gasteiger partial charge in [-0.2, -0.15) is 0 Å². The average Bonchev–Trinajstić information content (AvgIpc) is 2.56. The van der Waals surface area contributed by atoms with Crippen molar-refractivity contribution >= 4 is 40.8 Å². The lowest BCUT2D eigenvalue weighted by Gasteiger charge is -2.18. The van der Waals surface area contributed by atoms with E-state index in [1.165, 1.54) is 7.11 Å². The quantitative estimate of drug-likeness (QED) is 0.690. The number of methoxy groups -OCH3 is 1. The van der Waals surface area contributed by atoms with E-state index in [0.29, 0.717) is 21.5 Å². The summed E-state index contributed by atoms with van der Waals surface area (Å²) >= 11 is 18.0. The Balaban J connectivity index is 2.12. The maximum absolute atomic E-state index is 11.9. The van der Waals surface area contributed by atoms with Crippen LogP contribution in [0, 0.1) is 0 Å². The highest BCUT2D eigenvalue weighted by Crippen LogP contribution is 2.32. The van der Waals surface area contributed by atoms with Gasteiger partial charge < -0.3 is 14.2 Å². The molecular weight excluding hydrogens is 363 g/mol. The van der Waals surface area contributed by atoms with Gasteiger partial charge in [0.25, 0.3) is 0 Å². The van der Waals surface area contributed by atoms with Crippen molar-refractivity contribution in [1.29, 1.82) is 0 Å². The highest BCUT2D eigenvalue weighted by molar-refractivity contribution is 6.42. The second-order valence-electron chi connectivity index (χ2n) is 4.42. The number of para-hydroxylation sites is 1. The topological polar surface area (TPSA) is 44.8 Å². The van der Waals surface area contributed by atoms with Gasteiger partial charge in [0.2, 0.25) is 6.10 Å². The summed E-state index contributed by atoms with van der Waals surface area (Å²) in [6.07, 6.45) is -1.00. The summed E-state index contributed by atoms with van der Waals surface area (Å²) in [5, 5.41) is 0.989.